The molecular weight excluding hydrogens is 292 g/mol. The average molecular weight is 308 g/mol. The first-order valence-electron chi connectivity index (χ1n) is 3.77. The Morgan fingerprint density at radius 3 is 2.10 bits per heavy atom. The molecule has 1 aliphatic rings. The summed E-state index contributed by atoms with van der Waals surface area (Å²) in [6, 6.07) is 0. The van der Waals surface area contributed by atoms with Crippen molar-refractivity contribution in [3.8, 4) is 0 Å². The van der Waals surface area contributed by atoms with E-state index in [9.17, 15) is 0 Å². The first-order chi connectivity index (χ1) is 4.11. The van der Waals surface area contributed by atoms with E-state index in [-0.39, 0.29) is 21.1 Å². The van der Waals surface area contributed by atoms with Crippen LogP contribution in [0.15, 0.2) is 12.2 Å². The molecule has 0 aromatic heterocycles. The molecule has 0 N–H and O–H groups in total. The van der Waals surface area contributed by atoms with Crippen LogP contribution in [0.2, 0.25) is 0 Å². The summed E-state index contributed by atoms with van der Waals surface area (Å²) in [6.45, 7) is 6.94. The van der Waals surface area contributed by atoms with Crippen LogP contribution in [0.4, 0.5) is 0 Å². The molecule has 0 spiro atoms. The third-order valence-corrected chi connectivity index (χ3v) is 2.13. The van der Waals surface area contributed by atoms with E-state index < -0.39 is 0 Å². The van der Waals surface area contributed by atoms with Gasteiger partial charge in [-0.3, -0.25) is 0 Å². The number of rotatable bonds is 0. The van der Waals surface area contributed by atoms with Crippen molar-refractivity contribution in [2.75, 3.05) is 0 Å². The van der Waals surface area contributed by atoms with Gasteiger partial charge >= 0.3 is 0 Å². The summed E-state index contributed by atoms with van der Waals surface area (Å²) in [5.74, 6) is 0.831. The Labute approximate surface area is 78.4 Å². The fraction of sp³-hybridized carbons (Fsp3) is 0.778. The fourth-order valence-corrected chi connectivity index (χ4v) is 1.35. The zero-order valence-electron chi connectivity index (χ0n) is 7.05. The van der Waals surface area contributed by atoms with Gasteiger partial charge in [-0.05, 0) is 24.2 Å². The van der Waals surface area contributed by atoms with Gasteiger partial charge in [-0.2, -0.15) is 0 Å². The summed E-state index contributed by atoms with van der Waals surface area (Å²) < 4.78 is 0. The molecule has 10 heavy (non-hydrogen) atoms. The molecule has 58 valence electrons. The molecule has 0 saturated heterocycles. The van der Waals surface area contributed by atoms with Crippen LogP contribution in [-0.4, -0.2) is 0 Å². The standard InChI is InChI=1S/C9H16.W/c1-9(2,3)8-6-4-5-7-8;/h4,6,8H,5,7H2,1-3H3;. The van der Waals surface area contributed by atoms with E-state index in [2.05, 4.69) is 32.9 Å². The molecule has 1 rings (SSSR count). The molecule has 1 atom stereocenters. The van der Waals surface area contributed by atoms with Crippen LogP contribution >= 0.6 is 0 Å². The second kappa shape index (κ2) is 3.71. The third kappa shape index (κ3) is 2.58. The Kier molecular flexibility index (Phi) is 3.87. The quantitative estimate of drug-likeness (QED) is 0.604. The van der Waals surface area contributed by atoms with Crippen molar-refractivity contribution in [1.82, 2.24) is 0 Å². The molecule has 0 nitrogen and oxygen atoms in total. The smallest absolute Gasteiger partial charge is 0 e. The summed E-state index contributed by atoms with van der Waals surface area (Å²) in [4.78, 5) is 0. The van der Waals surface area contributed by atoms with E-state index >= 15 is 0 Å². The van der Waals surface area contributed by atoms with Crippen LogP contribution in [0.3, 0.4) is 0 Å². The summed E-state index contributed by atoms with van der Waals surface area (Å²) in [5.41, 5.74) is 0.493. The zero-order valence-corrected chi connectivity index (χ0v) is 9.99. The first kappa shape index (κ1) is 10.4. The molecule has 1 aliphatic carbocycles. The Balaban J connectivity index is 0.000000810. The Bertz CT molecular complexity index is 119. The van der Waals surface area contributed by atoms with E-state index in [1.807, 2.05) is 0 Å². The predicted molar refractivity (Wildman–Crippen MR) is 41.3 cm³/mol. The molecule has 0 aromatic carbocycles. The van der Waals surface area contributed by atoms with E-state index in [1.165, 1.54) is 12.8 Å². The van der Waals surface area contributed by atoms with Crippen LogP contribution in [-0.2, 0) is 21.1 Å². The van der Waals surface area contributed by atoms with E-state index in [4.69, 9.17) is 0 Å². The summed E-state index contributed by atoms with van der Waals surface area (Å²) in [5, 5.41) is 0. The SMILES string of the molecule is CC(C)(C)C1C=CCC1.[W]. The van der Waals surface area contributed by atoms with Crippen molar-refractivity contribution < 1.29 is 21.1 Å². The monoisotopic (exact) mass is 308 g/mol. The summed E-state index contributed by atoms with van der Waals surface area (Å²) in [7, 11) is 0. The van der Waals surface area contributed by atoms with Gasteiger partial charge in [-0.1, -0.05) is 32.9 Å². The van der Waals surface area contributed by atoms with Crippen molar-refractivity contribution in [2.24, 2.45) is 11.3 Å². The second-order valence-electron chi connectivity index (χ2n) is 3.98. The van der Waals surface area contributed by atoms with Gasteiger partial charge in [0.05, 0.1) is 0 Å². The summed E-state index contributed by atoms with van der Waals surface area (Å²) in [6.07, 6.45) is 7.32. The molecule has 0 radical (unpaired) electrons. The van der Waals surface area contributed by atoms with Crippen LogP contribution in [0, 0.1) is 11.3 Å². The minimum Gasteiger partial charge on any atom is -0.0882 e. The fourth-order valence-electron chi connectivity index (χ4n) is 1.35. The molecule has 0 fully saturated rings. The minimum atomic E-state index is 0. The molecule has 0 saturated carbocycles. The maximum atomic E-state index is 2.36. The maximum Gasteiger partial charge on any atom is 0 e. The van der Waals surface area contributed by atoms with Gasteiger partial charge in [0.1, 0.15) is 0 Å². The molecule has 0 amide bonds. The normalized spacial score (nSPS) is 24.5. The van der Waals surface area contributed by atoms with Crippen LogP contribution in [0.1, 0.15) is 33.6 Å². The van der Waals surface area contributed by atoms with Gasteiger partial charge in [0, 0.05) is 21.1 Å². The second-order valence-corrected chi connectivity index (χ2v) is 3.98. The van der Waals surface area contributed by atoms with Crippen molar-refractivity contribution >= 4 is 0 Å². The molecule has 1 heteroatoms. The largest absolute Gasteiger partial charge is 0.0882 e. The molecule has 0 aromatic rings. The number of hydrogen-bond acceptors (Lipinski definition) is 0. The van der Waals surface area contributed by atoms with Gasteiger partial charge in [0.25, 0.3) is 0 Å². The minimum absolute atomic E-state index is 0. The van der Waals surface area contributed by atoms with E-state index in [0.717, 1.165) is 5.92 Å². The summed E-state index contributed by atoms with van der Waals surface area (Å²) >= 11 is 0. The van der Waals surface area contributed by atoms with Crippen LogP contribution in [0.5, 0.6) is 0 Å². The topological polar surface area (TPSA) is 0 Å². The van der Waals surface area contributed by atoms with E-state index in [1.54, 1.807) is 0 Å². The zero-order chi connectivity index (χ0) is 6.91. The predicted octanol–water partition coefficient (Wildman–Crippen LogP) is 3.00. The van der Waals surface area contributed by atoms with Crippen LogP contribution < -0.4 is 0 Å². The average Bonchev–Trinajstić information content (AvgIpc) is 2.08. The van der Waals surface area contributed by atoms with E-state index in [0.29, 0.717) is 5.41 Å². The molecule has 0 heterocycles. The van der Waals surface area contributed by atoms with Crippen molar-refractivity contribution in [3.05, 3.63) is 12.2 Å². The van der Waals surface area contributed by atoms with Crippen molar-refractivity contribution in [3.63, 3.8) is 0 Å². The van der Waals surface area contributed by atoms with Crippen molar-refractivity contribution in [1.29, 1.82) is 0 Å². The Morgan fingerprint density at radius 1 is 1.30 bits per heavy atom. The number of allylic oxidation sites excluding steroid dienone is 2. The van der Waals surface area contributed by atoms with Crippen LogP contribution in [0.25, 0.3) is 0 Å². The van der Waals surface area contributed by atoms with Crippen molar-refractivity contribution in [2.45, 2.75) is 33.6 Å². The Morgan fingerprint density at radius 2 is 1.90 bits per heavy atom. The molecule has 0 aliphatic heterocycles. The first-order valence-corrected chi connectivity index (χ1v) is 3.77. The van der Waals surface area contributed by atoms with Gasteiger partial charge in [-0.15, -0.1) is 0 Å². The number of hydrogen-bond donors (Lipinski definition) is 0. The van der Waals surface area contributed by atoms with Gasteiger partial charge < -0.3 is 0 Å². The Hall–Kier alpha value is 0.428. The van der Waals surface area contributed by atoms with Gasteiger partial charge in [-0.25, -0.2) is 0 Å². The van der Waals surface area contributed by atoms with Gasteiger partial charge in [0.2, 0.25) is 0 Å². The molecule has 1 unspecified atom stereocenters. The van der Waals surface area contributed by atoms with Gasteiger partial charge in [0.15, 0.2) is 0 Å². The maximum absolute atomic E-state index is 2.36. The third-order valence-electron chi connectivity index (χ3n) is 2.13. The molecular formula is C9H16W. The molecule has 0 bridgehead atoms.